The van der Waals surface area contributed by atoms with Gasteiger partial charge in [-0.05, 0) is 24.9 Å². The summed E-state index contributed by atoms with van der Waals surface area (Å²) >= 11 is 0. The van der Waals surface area contributed by atoms with E-state index in [1.54, 1.807) is 0 Å². The van der Waals surface area contributed by atoms with Crippen molar-refractivity contribution in [3.63, 3.8) is 0 Å². The summed E-state index contributed by atoms with van der Waals surface area (Å²) in [6, 6.07) is -0.370. The summed E-state index contributed by atoms with van der Waals surface area (Å²) in [5.41, 5.74) is 0.509. The molecular weight excluding hydrogens is 266 g/mol. The van der Waals surface area contributed by atoms with Crippen LogP contribution in [-0.4, -0.2) is 4.98 Å². The highest BCUT2D eigenvalue weighted by Crippen LogP contribution is 2.13. The summed E-state index contributed by atoms with van der Waals surface area (Å²) < 4.78 is 30.6. The van der Waals surface area contributed by atoms with Gasteiger partial charge in [0.25, 0.3) is 0 Å². The molecule has 0 unspecified atom stereocenters. The van der Waals surface area contributed by atoms with Crippen LogP contribution in [0.15, 0.2) is 24.3 Å². The lowest BCUT2D eigenvalue weighted by molar-refractivity contribution is 0.535. The number of aromatic nitrogens is 1. The second kappa shape index (κ2) is 15.1. The van der Waals surface area contributed by atoms with Crippen LogP contribution in [0.25, 0.3) is 0 Å². The molecule has 126 valence electrons. The molecular formula is C21H37N. The average Bonchev–Trinajstić information content (AvgIpc) is 2.64. The molecule has 1 aromatic heterocycles. The van der Waals surface area contributed by atoms with Gasteiger partial charge in [-0.2, -0.15) is 0 Å². The smallest absolute Gasteiger partial charge is 0.0840 e. The summed E-state index contributed by atoms with van der Waals surface area (Å²) in [5.74, 6) is 0. The molecule has 0 N–H and O–H groups in total. The lowest BCUT2D eigenvalue weighted by Crippen LogP contribution is -1.89. The van der Waals surface area contributed by atoms with Crippen LogP contribution in [0.2, 0.25) is 0 Å². The van der Waals surface area contributed by atoms with E-state index in [0.717, 1.165) is 12.8 Å². The molecule has 0 amide bonds. The van der Waals surface area contributed by atoms with Crippen LogP contribution in [-0.2, 0) is 6.42 Å². The topological polar surface area (TPSA) is 12.9 Å². The Balaban J connectivity index is 1.97. The van der Waals surface area contributed by atoms with E-state index in [1.165, 1.54) is 77.0 Å². The molecule has 0 saturated heterocycles. The van der Waals surface area contributed by atoms with Crippen LogP contribution in [0, 0.1) is 0 Å². The number of rotatable bonds is 15. The van der Waals surface area contributed by atoms with E-state index in [4.69, 9.17) is 5.48 Å². The first kappa shape index (κ1) is 13.6. The van der Waals surface area contributed by atoms with E-state index in [2.05, 4.69) is 11.9 Å². The van der Waals surface area contributed by atoms with Gasteiger partial charge in [0.15, 0.2) is 0 Å². The molecule has 0 aromatic carbocycles. The fraction of sp³-hybridized carbons (Fsp3) is 0.762. The van der Waals surface area contributed by atoms with Gasteiger partial charge in [-0.25, -0.2) is 0 Å². The van der Waals surface area contributed by atoms with Gasteiger partial charge in [0.2, 0.25) is 0 Å². The predicted octanol–water partition coefficient (Wildman–Crippen LogP) is 7.11. The Kier molecular flexibility index (Phi) is 9.29. The Labute approximate surface area is 144 Å². The predicted molar refractivity (Wildman–Crippen MR) is 98.3 cm³/mol. The van der Waals surface area contributed by atoms with Crippen molar-refractivity contribution >= 4 is 0 Å². The molecule has 0 aliphatic heterocycles. The number of hydrogen-bond acceptors (Lipinski definition) is 1. The molecule has 1 rings (SSSR count). The Morgan fingerprint density at radius 1 is 0.727 bits per heavy atom. The van der Waals surface area contributed by atoms with Crippen LogP contribution < -0.4 is 0 Å². The fourth-order valence-corrected chi connectivity index (χ4v) is 2.86. The third kappa shape index (κ3) is 11.8. The largest absolute Gasteiger partial charge is 0.261 e. The third-order valence-electron chi connectivity index (χ3n) is 4.28. The quantitative estimate of drug-likeness (QED) is 0.315. The molecule has 1 aromatic rings. The van der Waals surface area contributed by atoms with Crippen LogP contribution in [0.3, 0.4) is 0 Å². The first-order chi connectivity index (χ1) is 12.6. The van der Waals surface area contributed by atoms with Crippen molar-refractivity contribution < 1.29 is 5.48 Å². The molecule has 0 radical (unpaired) electrons. The summed E-state index contributed by atoms with van der Waals surface area (Å²) in [5, 5.41) is 0. The van der Waals surface area contributed by atoms with E-state index in [0.29, 0.717) is 12.1 Å². The van der Waals surface area contributed by atoms with Gasteiger partial charge in [-0.1, -0.05) is 96.4 Å². The van der Waals surface area contributed by atoms with Gasteiger partial charge >= 0.3 is 0 Å². The summed E-state index contributed by atoms with van der Waals surface area (Å²) in [4.78, 5) is 4.00. The minimum absolute atomic E-state index is 0.0284. The molecule has 1 heterocycles. The number of hydrogen-bond donors (Lipinski definition) is 0. The van der Waals surface area contributed by atoms with Crippen molar-refractivity contribution in [3.05, 3.63) is 30.0 Å². The number of aryl methyl sites for hydroxylation is 1. The van der Waals surface area contributed by atoms with Crippen molar-refractivity contribution in [2.24, 2.45) is 0 Å². The Morgan fingerprint density at radius 3 is 1.77 bits per heavy atom. The average molecular weight is 308 g/mol. The lowest BCUT2D eigenvalue weighted by atomic mass is 10.0. The van der Waals surface area contributed by atoms with Crippen molar-refractivity contribution in [3.8, 4) is 0 Å². The summed E-state index contributed by atoms with van der Waals surface area (Å²) in [6.45, 7) is 2.26. The third-order valence-corrected chi connectivity index (χ3v) is 4.28. The standard InChI is InChI=1S/C21H37N/c1-2-3-4-5-6-7-8-9-10-11-12-13-14-15-18-21-19-16-17-20-22-21/h16-17,19-20H,2-15,18H2,1H3/i16D,17D,19D,20D. The van der Waals surface area contributed by atoms with Crippen LogP contribution in [0.4, 0.5) is 0 Å². The van der Waals surface area contributed by atoms with E-state index in [1.807, 2.05) is 0 Å². The fourth-order valence-electron chi connectivity index (χ4n) is 2.86. The molecule has 0 aliphatic carbocycles. The highest BCUT2D eigenvalue weighted by molar-refractivity contribution is 5.03. The molecule has 0 atom stereocenters. The molecule has 22 heavy (non-hydrogen) atoms. The molecule has 0 saturated carbocycles. The van der Waals surface area contributed by atoms with E-state index < -0.39 is 0 Å². The first-order valence-electron chi connectivity index (χ1n) is 11.5. The minimum atomic E-state index is -0.236. The molecule has 1 heteroatoms. The zero-order chi connectivity index (χ0) is 19.2. The maximum Gasteiger partial charge on any atom is 0.0840 e. The Hall–Kier alpha value is -0.850. The second-order valence-corrected chi connectivity index (χ2v) is 6.39. The monoisotopic (exact) mass is 307 g/mol. The molecule has 0 bridgehead atoms. The number of nitrogens with zero attached hydrogens (tertiary/aromatic N) is 1. The zero-order valence-corrected chi connectivity index (χ0v) is 14.6. The molecule has 0 spiro atoms. The summed E-state index contributed by atoms with van der Waals surface area (Å²) in [6.07, 6.45) is 18.8. The Morgan fingerprint density at radius 2 is 1.23 bits per heavy atom. The van der Waals surface area contributed by atoms with Crippen molar-refractivity contribution in [1.29, 1.82) is 0 Å². The van der Waals surface area contributed by atoms with Crippen molar-refractivity contribution in [2.45, 2.75) is 103 Å². The van der Waals surface area contributed by atoms with E-state index in [-0.39, 0.29) is 24.3 Å². The van der Waals surface area contributed by atoms with Gasteiger partial charge < -0.3 is 0 Å². The molecule has 0 aliphatic rings. The maximum absolute atomic E-state index is 7.85. The Bertz CT molecular complexity index is 505. The van der Waals surface area contributed by atoms with Crippen molar-refractivity contribution in [1.82, 2.24) is 4.98 Å². The molecule has 1 nitrogen and oxygen atoms in total. The second-order valence-electron chi connectivity index (χ2n) is 6.39. The van der Waals surface area contributed by atoms with Gasteiger partial charge in [-0.3, -0.25) is 4.98 Å². The maximum atomic E-state index is 7.85. The van der Waals surface area contributed by atoms with Gasteiger partial charge in [0.05, 0.1) is 5.48 Å². The summed E-state index contributed by atoms with van der Waals surface area (Å²) in [7, 11) is 0. The SMILES string of the molecule is [2H]c1nc(CCCCCCCCCCCCCCCC)c([2H])c([2H])c1[2H]. The first-order valence-corrected chi connectivity index (χ1v) is 9.51. The zero-order valence-electron chi connectivity index (χ0n) is 18.6. The number of unbranched alkanes of at least 4 members (excludes halogenated alkanes) is 13. The highest BCUT2D eigenvalue weighted by atomic mass is 14.7. The van der Waals surface area contributed by atoms with Crippen LogP contribution in [0.5, 0.6) is 0 Å². The van der Waals surface area contributed by atoms with Gasteiger partial charge in [0, 0.05) is 11.9 Å². The van der Waals surface area contributed by atoms with Crippen LogP contribution >= 0.6 is 0 Å². The number of pyridine rings is 1. The van der Waals surface area contributed by atoms with Crippen LogP contribution in [0.1, 0.15) is 108 Å². The normalized spacial score (nSPS) is 13.5. The van der Waals surface area contributed by atoms with E-state index >= 15 is 0 Å². The van der Waals surface area contributed by atoms with Crippen molar-refractivity contribution in [2.75, 3.05) is 0 Å². The highest BCUT2D eigenvalue weighted by Gasteiger charge is 1.95. The minimum Gasteiger partial charge on any atom is -0.261 e. The molecule has 0 fully saturated rings. The van der Waals surface area contributed by atoms with E-state index in [9.17, 15) is 0 Å². The van der Waals surface area contributed by atoms with Gasteiger partial charge in [0.1, 0.15) is 0 Å². The van der Waals surface area contributed by atoms with Gasteiger partial charge in [-0.15, -0.1) is 0 Å². The lowest BCUT2D eigenvalue weighted by Gasteiger charge is -2.03.